The number of methoxy groups -OCH3 is 1. The van der Waals surface area contributed by atoms with E-state index in [1.807, 2.05) is 0 Å². The third-order valence-electron chi connectivity index (χ3n) is 2.37. The number of ether oxygens (including phenoxy) is 1. The third kappa shape index (κ3) is 6.00. The molecule has 0 saturated carbocycles. The summed E-state index contributed by atoms with van der Waals surface area (Å²) in [5.74, 6) is -2.68. The minimum Gasteiger partial charge on any atom is -0.380 e. The summed E-state index contributed by atoms with van der Waals surface area (Å²) >= 11 is 0.461. The average molecular weight is 290 g/mol. The summed E-state index contributed by atoms with van der Waals surface area (Å²) in [5.41, 5.74) is 5.96. The van der Waals surface area contributed by atoms with Crippen molar-refractivity contribution in [1.82, 2.24) is 0 Å². The maximum Gasteiger partial charge on any atom is 0.288 e. The quantitative estimate of drug-likeness (QED) is 0.756. The minimum absolute atomic E-state index is 0.153. The molecule has 0 saturated heterocycles. The van der Waals surface area contributed by atoms with Gasteiger partial charge < -0.3 is 15.8 Å². The molecule has 0 spiro atoms. The molecule has 19 heavy (non-hydrogen) atoms. The van der Waals surface area contributed by atoms with E-state index in [1.165, 1.54) is 19.2 Å². The molecule has 0 aliphatic carbocycles. The van der Waals surface area contributed by atoms with E-state index in [0.717, 1.165) is 0 Å². The van der Waals surface area contributed by atoms with Gasteiger partial charge in [0, 0.05) is 24.2 Å². The Morgan fingerprint density at radius 2 is 2.05 bits per heavy atom. The van der Waals surface area contributed by atoms with E-state index in [0.29, 0.717) is 22.3 Å². The summed E-state index contributed by atoms with van der Waals surface area (Å²) < 4.78 is 29.2. The number of thioether (sulfide) groups is 1. The number of halogens is 2. The van der Waals surface area contributed by atoms with Crippen LogP contribution in [-0.2, 0) is 9.53 Å². The summed E-state index contributed by atoms with van der Waals surface area (Å²) in [6.07, 6.45) is -0.172. The second kappa shape index (κ2) is 8.08. The highest BCUT2D eigenvalue weighted by molar-refractivity contribution is 7.99. The van der Waals surface area contributed by atoms with Gasteiger partial charge in [-0.05, 0) is 24.3 Å². The van der Waals surface area contributed by atoms with E-state index in [4.69, 9.17) is 10.5 Å². The Morgan fingerprint density at radius 3 is 2.53 bits per heavy atom. The Morgan fingerprint density at radius 1 is 1.42 bits per heavy atom. The number of rotatable bonds is 7. The topological polar surface area (TPSA) is 64.3 Å². The zero-order valence-corrected chi connectivity index (χ0v) is 11.3. The van der Waals surface area contributed by atoms with Crippen LogP contribution in [0.3, 0.4) is 0 Å². The van der Waals surface area contributed by atoms with Gasteiger partial charge in [-0.3, -0.25) is 4.79 Å². The lowest BCUT2D eigenvalue weighted by Crippen LogP contribution is -2.28. The highest BCUT2D eigenvalue weighted by Crippen LogP contribution is 2.26. The van der Waals surface area contributed by atoms with Crippen LogP contribution in [0.5, 0.6) is 0 Å². The number of benzene rings is 1. The maximum atomic E-state index is 12.1. The van der Waals surface area contributed by atoms with Crippen molar-refractivity contribution in [3.63, 3.8) is 0 Å². The van der Waals surface area contributed by atoms with Gasteiger partial charge in [-0.25, -0.2) is 0 Å². The first-order valence-electron chi connectivity index (χ1n) is 5.62. The zero-order valence-electron chi connectivity index (χ0n) is 10.4. The van der Waals surface area contributed by atoms with Gasteiger partial charge in [0.05, 0.1) is 12.5 Å². The fourth-order valence-corrected chi connectivity index (χ4v) is 1.90. The number of anilines is 1. The Balaban J connectivity index is 2.50. The summed E-state index contributed by atoms with van der Waals surface area (Å²) in [6, 6.07) is 6.21. The van der Waals surface area contributed by atoms with E-state index >= 15 is 0 Å². The van der Waals surface area contributed by atoms with Gasteiger partial charge in [-0.2, -0.15) is 8.78 Å². The number of amides is 1. The molecule has 1 atom stereocenters. The lowest BCUT2D eigenvalue weighted by Gasteiger charge is -2.12. The number of carbonyl (C=O) groups excluding carboxylic acids is 1. The van der Waals surface area contributed by atoms with Gasteiger partial charge in [-0.15, -0.1) is 0 Å². The molecule has 0 bridgehead atoms. The number of carbonyl (C=O) groups is 1. The Kier molecular flexibility index (Phi) is 6.75. The lowest BCUT2D eigenvalue weighted by molar-refractivity contribution is -0.118. The number of hydrogen-bond donors (Lipinski definition) is 2. The molecular formula is C12H16F2N2O2S. The Bertz CT molecular complexity index is 397. The van der Waals surface area contributed by atoms with Crippen molar-refractivity contribution in [1.29, 1.82) is 0 Å². The number of alkyl halides is 2. The van der Waals surface area contributed by atoms with Gasteiger partial charge in [-0.1, -0.05) is 11.8 Å². The van der Waals surface area contributed by atoms with E-state index in [-0.39, 0.29) is 25.0 Å². The van der Waals surface area contributed by atoms with E-state index < -0.39 is 5.76 Å². The second-order valence-electron chi connectivity index (χ2n) is 3.75. The molecule has 106 valence electrons. The summed E-state index contributed by atoms with van der Waals surface area (Å²) in [7, 11) is 1.49. The van der Waals surface area contributed by atoms with Crippen LogP contribution in [0.1, 0.15) is 6.42 Å². The highest BCUT2D eigenvalue weighted by Gasteiger charge is 2.11. The first-order chi connectivity index (χ1) is 9.05. The van der Waals surface area contributed by atoms with Crippen molar-refractivity contribution in [2.75, 3.05) is 19.0 Å². The van der Waals surface area contributed by atoms with Crippen molar-refractivity contribution >= 4 is 23.4 Å². The van der Waals surface area contributed by atoms with Crippen LogP contribution >= 0.6 is 11.8 Å². The van der Waals surface area contributed by atoms with Crippen molar-refractivity contribution in [3.8, 4) is 0 Å². The number of hydrogen-bond acceptors (Lipinski definition) is 4. The van der Waals surface area contributed by atoms with Gasteiger partial charge in [0.15, 0.2) is 0 Å². The molecule has 0 aliphatic rings. The van der Waals surface area contributed by atoms with Crippen LogP contribution in [0.15, 0.2) is 29.2 Å². The van der Waals surface area contributed by atoms with Crippen LogP contribution in [0.2, 0.25) is 0 Å². The van der Waals surface area contributed by atoms with Crippen molar-refractivity contribution in [2.24, 2.45) is 5.73 Å². The predicted molar refractivity (Wildman–Crippen MR) is 71.4 cm³/mol. The average Bonchev–Trinajstić information content (AvgIpc) is 2.37. The SMILES string of the molecule is COC(CN)CC(=O)Nc1ccc(SC(F)F)cc1. The standard InChI is InChI=1S/C12H16F2N2O2S/c1-18-9(7-15)6-11(17)16-8-2-4-10(5-3-8)19-12(13)14/h2-5,9,12H,6-7,15H2,1H3,(H,16,17). The van der Waals surface area contributed by atoms with Gasteiger partial charge in [0.2, 0.25) is 5.91 Å². The first kappa shape index (κ1) is 15.9. The van der Waals surface area contributed by atoms with Crippen LogP contribution in [0, 0.1) is 0 Å². The second-order valence-corrected chi connectivity index (χ2v) is 4.81. The van der Waals surface area contributed by atoms with Crippen molar-refractivity contribution < 1.29 is 18.3 Å². The molecule has 3 N–H and O–H groups in total. The summed E-state index contributed by atoms with van der Waals surface area (Å²) in [6.45, 7) is 0.258. The molecule has 1 amide bonds. The minimum atomic E-state index is -2.45. The van der Waals surface area contributed by atoms with Crippen LogP contribution in [0.4, 0.5) is 14.5 Å². The van der Waals surface area contributed by atoms with E-state index in [2.05, 4.69) is 5.32 Å². The molecule has 1 aromatic rings. The Hall–Kier alpha value is -1.18. The summed E-state index contributed by atoms with van der Waals surface area (Å²) in [5, 5.41) is 2.65. The molecular weight excluding hydrogens is 274 g/mol. The molecule has 0 radical (unpaired) electrons. The van der Waals surface area contributed by atoms with Crippen molar-refractivity contribution in [2.45, 2.75) is 23.2 Å². The van der Waals surface area contributed by atoms with Crippen LogP contribution in [0.25, 0.3) is 0 Å². The number of nitrogens with two attached hydrogens (primary N) is 1. The van der Waals surface area contributed by atoms with Gasteiger partial charge >= 0.3 is 0 Å². The fraction of sp³-hybridized carbons (Fsp3) is 0.417. The van der Waals surface area contributed by atoms with Crippen LogP contribution < -0.4 is 11.1 Å². The van der Waals surface area contributed by atoms with E-state index in [1.54, 1.807) is 12.1 Å². The molecule has 7 heteroatoms. The molecule has 0 heterocycles. The first-order valence-corrected chi connectivity index (χ1v) is 6.50. The zero-order chi connectivity index (χ0) is 14.3. The molecule has 0 aliphatic heterocycles. The molecule has 1 unspecified atom stereocenters. The Labute approximate surface area is 114 Å². The largest absolute Gasteiger partial charge is 0.380 e. The molecule has 0 aromatic heterocycles. The monoisotopic (exact) mass is 290 g/mol. The molecule has 4 nitrogen and oxygen atoms in total. The van der Waals surface area contributed by atoms with Crippen molar-refractivity contribution in [3.05, 3.63) is 24.3 Å². The van der Waals surface area contributed by atoms with Crippen LogP contribution in [-0.4, -0.2) is 31.4 Å². The third-order valence-corrected chi connectivity index (χ3v) is 3.10. The molecule has 0 fully saturated rings. The summed E-state index contributed by atoms with van der Waals surface area (Å²) in [4.78, 5) is 12.1. The van der Waals surface area contributed by atoms with E-state index in [9.17, 15) is 13.6 Å². The van der Waals surface area contributed by atoms with Gasteiger partial charge in [0.25, 0.3) is 5.76 Å². The lowest BCUT2D eigenvalue weighted by atomic mass is 10.2. The fourth-order valence-electron chi connectivity index (χ4n) is 1.40. The smallest absolute Gasteiger partial charge is 0.288 e. The highest BCUT2D eigenvalue weighted by atomic mass is 32.2. The molecule has 1 rings (SSSR count). The van der Waals surface area contributed by atoms with Gasteiger partial charge in [0.1, 0.15) is 0 Å². The molecule has 1 aromatic carbocycles. The predicted octanol–water partition coefficient (Wildman–Crippen LogP) is 2.30. The normalized spacial score (nSPS) is 12.5. The number of nitrogens with one attached hydrogen (secondary N) is 1. The maximum absolute atomic E-state index is 12.1.